The van der Waals surface area contributed by atoms with Crippen LogP contribution in [0.2, 0.25) is 0 Å². The van der Waals surface area contributed by atoms with Gasteiger partial charge in [0.15, 0.2) is 0 Å². The lowest BCUT2D eigenvalue weighted by Crippen LogP contribution is -2.10. The van der Waals surface area contributed by atoms with Gasteiger partial charge in [-0.05, 0) is 128 Å². The zero-order valence-corrected chi connectivity index (χ0v) is 32.8. The van der Waals surface area contributed by atoms with Crippen LogP contribution in [0.3, 0.4) is 0 Å². The van der Waals surface area contributed by atoms with Crippen molar-refractivity contribution in [3.05, 3.63) is 197 Å². The van der Waals surface area contributed by atoms with Gasteiger partial charge in [0.25, 0.3) is 11.4 Å². The molecule has 0 aliphatic rings. The van der Waals surface area contributed by atoms with Crippen molar-refractivity contribution in [2.75, 3.05) is 23.0 Å². The summed E-state index contributed by atoms with van der Waals surface area (Å²) in [5.74, 6) is 0.598. The summed E-state index contributed by atoms with van der Waals surface area (Å²) in [4.78, 5) is 48.7. The Bertz CT molecular complexity index is 2460. The van der Waals surface area contributed by atoms with Crippen LogP contribution in [0, 0.1) is 20.2 Å². The molecule has 6 rings (SSSR count). The number of hydrogen-bond donors (Lipinski definition) is 0. The van der Waals surface area contributed by atoms with E-state index in [1.54, 1.807) is 48.5 Å². The van der Waals surface area contributed by atoms with Crippen LogP contribution in [0.5, 0.6) is 17.2 Å². The van der Waals surface area contributed by atoms with E-state index < -0.39 is 21.8 Å². The molecule has 6 aromatic carbocycles. The maximum atomic E-state index is 11.7. The number of nitrogens with zero attached hydrogens (tertiary/aromatic N) is 4. The van der Waals surface area contributed by atoms with E-state index >= 15 is 0 Å². The van der Waals surface area contributed by atoms with E-state index in [-0.39, 0.29) is 18.0 Å². The van der Waals surface area contributed by atoms with Crippen LogP contribution in [-0.4, -0.2) is 35.0 Å². The monoisotopic (exact) mass is 820 g/mol. The second kappa shape index (κ2) is 20.4. The van der Waals surface area contributed by atoms with Crippen LogP contribution in [0.25, 0.3) is 0 Å². The number of nitro benzene ring substituents is 2. The Kier molecular flexibility index (Phi) is 14.2. The molecule has 14 nitrogen and oxygen atoms in total. The van der Waals surface area contributed by atoms with Gasteiger partial charge in [-0.25, -0.2) is 9.59 Å². The molecule has 0 amide bonds. The van der Waals surface area contributed by atoms with E-state index in [1.165, 1.54) is 24.3 Å². The summed E-state index contributed by atoms with van der Waals surface area (Å²) in [6, 6.07) is 41.8. The van der Waals surface area contributed by atoms with E-state index in [0.717, 1.165) is 53.3 Å². The summed E-state index contributed by atoms with van der Waals surface area (Å²) in [6.07, 6.45) is 3.65. The molecule has 0 saturated carbocycles. The van der Waals surface area contributed by atoms with Gasteiger partial charge in [-0.1, -0.05) is 25.3 Å². The quantitative estimate of drug-likeness (QED) is 0.0179. The van der Waals surface area contributed by atoms with Crippen molar-refractivity contribution in [2.45, 2.75) is 19.4 Å². The lowest BCUT2D eigenvalue weighted by atomic mass is 10.1. The van der Waals surface area contributed by atoms with Crippen molar-refractivity contribution in [2.24, 2.45) is 0 Å². The molecule has 0 spiro atoms. The standard InChI is InChI=1S/C47H40N4O10/c1-3-46(52)60-33-34-7-9-35(10-8-34)48(36-11-15-41(16-12-36)50(54)55)38-19-25-43(26-20-38)58-31-5-6-32-59-44-27-21-39(22-28-44)49(37-13-17-42(18-14-37)51(56)57)40-23-29-45(30-24-40)61-47(53)4-2/h3-4,7-30H,1-2,5-6,31-33H2. The van der Waals surface area contributed by atoms with Crippen molar-refractivity contribution in [3.8, 4) is 17.2 Å². The predicted molar refractivity (Wildman–Crippen MR) is 232 cm³/mol. The van der Waals surface area contributed by atoms with Crippen LogP contribution in [0.1, 0.15) is 18.4 Å². The molecule has 308 valence electrons. The van der Waals surface area contributed by atoms with Gasteiger partial charge in [-0.15, -0.1) is 0 Å². The van der Waals surface area contributed by atoms with E-state index in [4.69, 9.17) is 18.9 Å². The minimum absolute atomic E-state index is 0.0191. The van der Waals surface area contributed by atoms with Gasteiger partial charge < -0.3 is 28.7 Å². The third-order valence-corrected chi connectivity index (χ3v) is 9.13. The average Bonchev–Trinajstić information content (AvgIpc) is 3.29. The number of anilines is 6. The highest BCUT2D eigenvalue weighted by Gasteiger charge is 2.17. The van der Waals surface area contributed by atoms with Crippen molar-refractivity contribution in [1.82, 2.24) is 0 Å². The first-order valence-electron chi connectivity index (χ1n) is 19.0. The van der Waals surface area contributed by atoms with Crippen LogP contribution in [0.4, 0.5) is 45.5 Å². The van der Waals surface area contributed by atoms with Gasteiger partial charge in [0.1, 0.15) is 23.9 Å². The second-order valence-corrected chi connectivity index (χ2v) is 13.2. The fourth-order valence-corrected chi connectivity index (χ4v) is 6.08. The van der Waals surface area contributed by atoms with E-state index in [2.05, 4.69) is 13.2 Å². The van der Waals surface area contributed by atoms with Crippen LogP contribution >= 0.6 is 0 Å². The van der Waals surface area contributed by atoms with Gasteiger partial charge >= 0.3 is 11.9 Å². The van der Waals surface area contributed by atoms with Gasteiger partial charge in [0.2, 0.25) is 0 Å². The third-order valence-electron chi connectivity index (χ3n) is 9.13. The van der Waals surface area contributed by atoms with Crippen LogP contribution < -0.4 is 24.0 Å². The number of rotatable bonds is 20. The number of esters is 2. The number of non-ortho nitro benzene ring substituents is 2. The molecule has 6 aromatic rings. The number of carbonyl (C=O) groups is 2. The Morgan fingerprint density at radius 2 is 0.820 bits per heavy atom. The van der Waals surface area contributed by atoms with Gasteiger partial charge in [-0.3, -0.25) is 20.2 Å². The van der Waals surface area contributed by atoms with E-state index in [0.29, 0.717) is 41.8 Å². The summed E-state index contributed by atoms with van der Waals surface area (Å²) in [5.41, 5.74) is 5.22. The zero-order valence-electron chi connectivity index (χ0n) is 32.8. The Morgan fingerprint density at radius 1 is 0.492 bits per heavy atom. The molecule has 0 N–H and O–H groups in total. The molecule has 0 bridgehead atoms. The molecule has 0 heterocycles. The number of nitro groups is 2. The highest BCUT2D eigenvalue weighted by atomic mass is 16.6. The minimum Gasteiger partial charge on any atom is -0.494 e. The average molecular weight is 821 g/mol. The maximum absolute atomic E-state index is 11.7. The molecule has 0 aromatic heterocycles. The Morgan fingerprint density at radius 3 is 1.16 bits per heavy atom. The number of carbonyl (C=O) groups excluding carboxylic acids is 2. The zero-order chi connectivity index (χ0) is 43.1. The Labute approximate surface area is 351 Å². The molecule has 61 heavy (non-hydrogen) atoms. The third kappa shape index (κ3) is 11.4. The Hall–Kier alpha value is -8.26. The van der Waals surface area contributed by atoms with E-state index in [1.807, 2.05) is 82.6 Å². The van der Waals surface area contributed by atoms with Crippen molar-refractivity contribution < 1.29 is 38.4 Å². The van der Waals surface area contributed by atoms with Crippen molar-refractivity contribution in [1.29, 1.82) is 0 Å². The SMILES string of the molecule is C=CC(=O)OCc1ccc(N(c2ccc(OCCCCOc3ccc(N(c4ccc(OC(=O)C=C)cc4)c4ccc([N+](=O)[O-])cc4)cc3)cc2)c2ccc([N+](=O)[O-])cc2)cc1. The number of unbranched alkanes of at least 4 members (excludes halogenated alkanes) is 1. The normalized spacial score (nSPS) is 10.5. The lowest BCUT2D eigenvalue weighted by molar-refractivity contribution is -0.385. The second-order valence-electron chi connectivity index (χ2n) is 13.2. The summed E-state index contributed by atoms with van der Waals surface area (Å²) in [7, 11) is 0. The molecular formula is C47H40N4O10. The largest absolute Gasteiger partial charge is 0.494 e. The fourth-order valence-electron chi connectivity index (χ4n) is 6.08. The maximum Gasteiger partial charge on any atom is 0.335 e. The molecule has 0 radical (unpaired) electrons. The molecule has 0 aliphatic heterocycles. The van der Waals surface area contributed by atoms with Gasteiger partial charge in [0, 0.05) is 70.5 Å². The molecule has 0 aliphatic carbocycles. The first-order chi connectivity index (χ1) is 29.6. The fraction of sp³-hybridized carbons (Fsp3) is 0.106. The highest BCUT2D eigenvalue weighted by molar-refractivity contribution is 5.84. The summed E-state index contributed by atoms with van der Waals surface area (Å²) >= 11 is 0. The van der Waals surface area contributed by atoms with Crippen LogP contribution in [0.15, 0.2) is 171 Å². The van der Waals surface area contributed by atoms with Gasteiger partial charge in [0.05, 0.1) is 23.1 Å². The van der Waals surface area contributed by atoms with Crippen LogP contribution in [-0.2, 0) is 20.9 Å². The topological polar surface area (TPSA) is 164 Å². The summed E-state index contributed by atoms with van der Waals surface area (Å²) < 4.78 is 22.4. The Balaban J connectivity index is 1.04. The smallest absolute Gasteiger partial charge is 0.335 e. The number of ether oxygens (including phenoxy) is 4. The molecule has 0 unspecified atom stereocenters. The molecule has 14 heteroatoms. The van der Waals surface area contributed by atoms with Crippen molar-refractivity contribution in [3.63, 3.8) is 0 Å². The first-order valence-corrected chi connectivity index (χ1v) is 19.0. The van der Waals surface area contributed by atoms with Gasteiger partial charge in [-0.2, -0.15) is 0 Å². The minimum atomic E-state index is -0.575. The van der Waals surface area contributed by atoms with E-state index in [9.17, 15) is 29.8 Å². The highest BCUT2D eigenvalue weighted by Crippen LogP contribution is 2.38. The van der Waals surface area contributed by atoms with Crippen molar-refractivity contribution >= 4 is 57.4 Å². The molecule has 0 atom stereocenters. The lowest BCUT2D eigenvalue weighted by Gasteiger charge is -2.25. The molecule has 0 fully saturated rings. The number of hydrogen-bond acceptors (Lipinski definition) is 12. The molecule has 0 saturated heterocycles. The number of benzene rings is 6. The first kappa shape index (κ1) is 42.3. The summed E-state index contributed by atoms with van der Waals surface area (Å²) in [5, 5.41) is 22.6. The predicted octanol–water partition coefficient (Wildman–Crippen LogP) is 11.0. The molecular weight excluding hydrogens is 781 g/mol. The summed E-state index contributed by atoms with van der Waals surface area (Å²) in [6.45, 7) is 7.84.